The molecule has 2 nitrogen and oxygen atoms in total. The molecule has 0 saturated carbocycles. The third kappa shape index (κ3) is 2.72. The standard InChI is InChI=1S/C14H19BO2/c1-13(2)9-16-14(3,17-10-13)12-6-4-11(8-15)5-7-12/h4-7H,8-10H2,1-3H3. The van der Waals surface area contributed by atoms with E-state index in [2.05, 4.69) is 13.8 Å². The van der Waals surface area contributed by atoms with E-state index in [-0.39, 0.29) is 5.41 Å². The number of hydrogen-bond acceptors (Lipinski definition) is 2. The average molecular weight is 230 g/mol. The highest BCUT2D eigenvalue weighted by Crippen LogP contribution is 2.35. The fraction of sp³-hybridized carbons (Fsp3) is 0.571. The van der Waals surface area contributed by atoms with Gasteiger partial charge >= 0.3 is 0 Å². The highest BCUT2D eigenvalue weighted by molar-refractivity contribution is 6.08. The monoisotopic (exact) mass is 230 g/mol. The Bertz CT molecular complexity index is 374. The third-order valence-electron chi connectivity index (χ3n) is 3.19. The van der Waals surface area contributed by atoms with Crippen LogP contribution in [0.2, 0.25) is 0 Å². The van der Waals surface area contributed by atoms with Gasteiger partial charge in [0, 0.05) is 11.0 Å². The second-order valence-electron chi connectivity index (χ2n) is 5.59. The highest BCUT2D eigenvalue weighted by atomic mass is 16.7. The molecule has 2 radical (unpaired) electrons. The Kier molecular flexibility index (Phi) is 3.33. The van der Waals surface area contributed by atoms with Crippen molar-refractivity contribution in [3.05, 3.63) is 35.4 Å². The van der Waals surface area contributed by atoms with Gasteiger partial charge in [-0.2, -0.15) is 0 Å². The number of rotatable bonds is 2. The zero-order valence-electron chi connectivity index (χ0n) is 10.8. The van der Waals surface area contributed by atoms with Crippen molar-refractivity contribution in [3.8, 4) is 0 Å². The molecule has 3 heteroatoms. The predicted molar refractivity (Wildman–Crippen MR) is 68.9 cm³/mol. The van der Waals surface area contributed by atoms with E-state index in [0.29, 0.717) is 19.5 Å². The van der Waals surface area contributed by atoms with Gasteiger partial charge in [0.25, 0.3) is 0 Å². The average Bonchev–Trinajstić information content (AvgIpc) is 2.34. The molecular formula is C14H19BO2. The first-order valence-electron chi connectivity index (χ1n) is 6.03. The maximum Gasteiger partial charge on any atom is 0.191 e. The minimum atomic E-state index is -0.622. The predicted octanol–water partition coefficient (Wildman–Crippen LogP) is 2.60. The van der Waals surface area contributed by atoms with Gasteiger partial charge in [0.15, 0.2) is 5.79 Å². The summed E-state index contributed by atoms with van der Waals surface area (Å²) in [5.41, 5.74) is 2.26. The fourth-order valence-electron chi connectivity index (χ4n) is 1.86. The first-order valence-corrected chi connectivity index (χ1v) is 6.03. The topological polar surface area (TPSA) is 18.5 Å². The van der Waals surface area contributed by atoms with E-state index in [1.54, 1.807) is 0 Å². The molecule has 0 spiro atoms. The fourth-order valence-corrected chi connectivity index (χ4v) is 1.86. The Morgan fingerprint density at radius 3 is 2.06 bits per heavy atom. The van der Waals surface area contributed by atoms with Crippen molar-refractivity contribution in [2.75, 3.05) is 13.2 Å². The molecule has 0 N–H and O–H groups in total. The van der Waals surface area contributed by atoms with Gasteiger partial charge in [-0.05, 0) is 6.92 Å². The summed E-state index contributed by atoms with van der Waals surface area (Å²) in [5, 5.41) is 0. The van der Waals surface area contributed by atoms with Gasteiger partial charge in [-0.3, -0.25) is 0 Å². The molecule has 0 bridgehead atoms. The van der Waals surface area contributed by atoms with Crippen LogP contribution in [0.15, 0.2) is 24.3 Å². The van der Waals surface area contributed by atoms with Gasteiger partial charge in [-0.1, -0.05) is 50.0 Å². The molecule has 1 aromatic rings. The third-order valence-corrected chi connectivity index (χ3v) is 3.19. The van der Waals surface area contributed by atoms with Crippen molar-refractivity contribution < 1.29 is 9.47 Å². The molecule has 0 unspecified atom stereocenters. The van der Waals surface area contributed by atoms with Crippen molar-refractivity contribution >= 4 is 7.85 Å². The van der Waals surface area contributed by atoms with Crippen LogP contribution >= 0.6 is 0 Å². The second-order valence-corrected chi connectivity index (χ2v) is 5.59. The summed E-state index contributed by atoms with van der Waals surface area (Å²) in [7, 11) is 5.58. The van der Waals surface area contributed by atoms with Crippen LogP contribution in [0.3, 0.4) is 0 Å². The van der Waals surface area contributed by atoms with Crippen LogP contribution in [0.1, 0.15) is 31.9 Å². The summed E-state index contributed by atoms with van der Waals surface area (Å²) >= 11 is 0. The van der Waals surface area contributed by atoms with Gasteiger partial charge in [0.1, 0.15) is 0 Å². The summed E-state index contributed by atoms with van der Waals surface area (Å²) in [5.74, 6) is -0.622. The van der Waals surface area contributed by atoms with Crippen molar-refractivity contribution in [3.63, 3.8) is 0 Å². The molecule has 1 aliphatic rings. The minimum Gasteiger partial charge on any atom is -0.345 e. The lowest BCUT2D eigenvalue weighted by atomic mass is 9.92. The lowest BCUT2D eigenvalue weighted by Crippen LogP contribution is -2.43. The first-order chi connectivity index (χ1) is 7.95. The van der Waals surface area contributed by atoms with Gasteiger partial charge in [-0.15, -0.1) is 0 Å². The number of ether oxygens (including phenoxy) is 2. The molecule has 1 fully saturated rings. The van der Waals surface area contributed by atoms with E-state index in [1.807, 2.05) is 31.2 Å². The van der Waals surface area contributed by atoms with Gasteiger partial charge in [0.2, 0.25) is 0 Å². The van der Waals surface area contributed by atoms with Crippen LogP contribution in [0.5, 0.6) is 0 Å². The largest absolute Gasteiger partial charge is 0.345 e. The quantitative estimate of drug-likeness (QED) is 0.727. The van der Waals surface area contributed by atoms with E-state index in [1.165, 1.54) is 0 Å². The van der Waals surface area contributed by atoms with Gasteiger partial charge in [0.05, 0.1) is 21.1 Å². The Balaban J connectivity index is 2.15. The summed E-state index contributed by atoms with van der Waals surface area (Å²) < 4.78 is 11.8. The van der Waals surface area contributed by atoms with E-state index < -0.39 is 5.79 Å². The zero-order valence-corrected chi connectivity index (χ0v) is 10.8. The van der Waals surface area contributed by atoms with E-state index in [4.69, 9.17) is 17.3 Å². The summed E-state index contributed by atoms with van der Waals surface area (Å²) in [6.07, 6.45) is 0.561. The second kappa shape index (κ2) is 4.47. The molecule has 1 aliphatic heterocycles. The molecule has 1 saturated heterocycles. The van der Waals surface area contributed by atoms with Crippen molar-refractivity contribution in [2.45, 2.75) is 32.9 Å². The summed E-state index contributed by atoms with van der Waals surface area (Å²) in [6, 6.07) is 8.10. The van der Waals surface area contributed by atoms with Crippen molar-refractivity contribution in [2.24, 2.45) is 5.41 Å². The smallest absolute Gasteiger partial charge is 0.191 e. The molecule has 0 amide bonds. The van der Waals surface area contributed by atoms with Crippen LogP contribution in [0.4, 0.5) is 0 Å². The Hall–Kier alpha value is -0.795. The molecule has 0 aromatic heterocycles. The molecule has 17 heavy (non-hydrogen) atoms. The summed E-state index contributed by atoms with van der Waals surface area (Å²) in [6.45, 7) is 7.68. The molecule has 2 rings (SSSR count). The molecule has 0 aliphatic carbocycles. The van der Waals surface area contributed by atoms with Crippen molar-refractivity contribution in [1.29, 1.82) is 0 Å². The van der Waals surface area contributed by atoms with Gasteiger partial charge < -0.3 is 9.47 Å². The van der Waals surface area contributed by atoms with E-state index >= 15 is 0 Å². The molecule has 1 aromatic carbocycles. The molecular weight excluding hydrogens is 211 g/mol. The molecule has 0 atom stereocenters. The van der Waals surface area contributed by atoms with Gasteiger partial charge in [-0.25, -0.2) is 0 Å². The Morgan fingerprint density at radius 1 is 1.06 bits per heavy atom. The van der Waals surface area contributed by atoms with Crippen LogP contribution in [-0.2, 0) is 21.6 Å². The summed E-state index contributed by atoms with van der Waals surface area (Å²) in [4.78, 5) is 0. The van der Waals surface area contributed by atoms with Crippen LogP contribution in [0.25, 0.3) is 0 Å². The Morgan fingerprint density at radius 2 is 1.59 bits per heavy atom. The zero-order chi connectivity index (χ0) is 12.5. The van der Waals surface area contributed by atoms with Crippen LogP contribution < -0.4 is 0 Å². The maximum absolute atomic E-state index is 5.89. The lowest BCUT2D eigenvalue weighted by Gasteiger charge is -2.41. The maximum atomic E-state index is 5.89. The number of benzene rings is 1. The van der Waals surface area contributed by atoms with Crippen molar-refractivity contribution in [1.82, 2.24) is 0 Å². The SMILES string of the molecule is [B]Cc1ccc(C2(C)OCC(C)(C)CO2)cc1. The Labute approximate surface area is 105 Å². The first kappa shape index (κ1) is 12.7. The molecule has 90 valence electrons. The van der Waals surface area contributed by atoms with E-state index in [9.17, 15) is 0 Å². The number of hydrogen-bond donors (Lipinski definition) is 0. The normalized spacial score (nSPS) is 22.3. The lowest BCUT2D eigenvalue weighted by molar-refractivity contribution is -0.298. The van der Waals surface area contributed by atoms with Crippen LogP contribution in [-0.4, -0.2) is 21.1 Å². The van der Waals surface area contributed by atoms with Crippen LogP contribution in [0, 0.1) is 5.41 Å². The molecule has 1 heterocycles. The van der Waals surface area contributed by atoms with E-state index in [0.717, 1.165) is 11.1 Å². The minimum absolute atomic E-state index is 0.0940. The highest BCUT2D eigenvalue weighted by Gasteiger charge is 2.38.